The van der Waals surface area contributed by atoms with E-state index in [9.17, 15) is 5.11 Å². The molecule has 0 aliphatic rings. The van der Waals surface area contributed by atoms with Crippen LogP contribution in [0.15, 0.2) is 29.3 Å². The molecular formula is C20H35N3O2. The smallest absolute Gasteiger partial charge is 0.193 e. The van der Waals surface area contributed by atoms with Crippen LogP contribution in [-0.2, 0) is 6.54 Å². The number of hydrogen-bond acceptors (Lipinski definition) is 3. The maximum absolute atomic E-state index is 9.28. The van der Waals surface area contributed by atoms with Crippen molar-refractivity contribution in [1.82, 2.24) is 10.2 Å². The van der Waals surface area contributed by atoms with Gasteiger partial charge >= 0.3 is 0 Å². The number of nitrogens with zero attached hydrogens (tertiary/aromatic N) is 2. The molecule has 0 aromatic heterocycles. The molecule has 25 heavy (non-hydrogen) atoms. The van der Waals surface area contributed by atoms with E-state index in [1.807, 2.05) is 12.1 Å². The molecule has 142 valence electrons. The summed E-state index contributed by atoms with van der Waals surface area (Å²) in [6, 6.07) is 8.11. The summed E-state index contributed by atoms with van der Waals surface area (Å²) in [4.78, 5) is 6.95. The van der Waals surface area contributed by atoms with Crippen LogP contribution in [0.4, 0.5) is 0 Å². The van der Waals surface area contributed by atoms with E-state index in [0.717, 1.165) is 44.2 Å². The Hall–Kier alpha value is -1.75. The highest BCUT2D eigenvalue weighted by Crippen LogP contribution is 2.16. The van der Waals surface area contributed by atoms with Gasteiger partial charge in [0.15, 0.2) is 5.96 Å². The van der Waals surface area contributed by atoms with Gasteiger partial charge in [0.1, 0.15) is 5.75 Å². The maximum Gasteiger partial charge on any atom is 0.193 e. The Labute approximate surface area is 153 Å². The van der Waals surface area contributed by atoms with Gasteiger partial charge in [-0.1, -0.05) is 26.0 Å². The summed E-state index contributed by atoms with van der Waals surface area (Å²) < 4.78 is 5.21. The molecule has 0 saturated heterocycles. The first-order valence-corrected chi connectivity index (χ1v) is 9.23. The summed E-state index contributed by atoms with van der Waals surface area (Å²) >= 11 is 0. The normalized spacial score (nSPS) is 13.0. The molecule has 0 heterocycles. The largest absolute Gasteiger partial charge is 0.497 e. The lowest BCUT2D eigenvalue weighted by molar-refractivity contribution is 0.245. The summed E-state index contributed by atoms with van der Waals surface area (Å²) in [6.45, 7) is 9.10. The van der Waals surface area contributed by atoms with Crippen LogP contribution in [0.1, 0.15) is 39.2 Å². The summed E-state index contributed by atoms with van der Waals surface area (Å²) in [5.41, 5.74) is 1.21. The zero-order valence-corrected chi connectivity index (χ0v) is 16.5. The number of methoxy groups -OCH3 is 1. The first-order chi connectivity index (χ1) is 12.0. The predicted molar refractivity (Wildman–Crippen MR) is 105 cm³/mol. The van der Waals surface area contributed by atoms with Crippen molar-refractivity contribution in [3.8, 4) is 5.75 Å². The fourth-order valence-electron chi connectivity index (χ4n) is 2.90. The summed E-state index contributed by atoms with van der Waals surface area (Å²) in [6.07, 6.45) is 1.90. The molecule has 1 atom stereocenters. The van der Waals surface area contributed by atoms with Gasteiger partial charge in [0.05, 0.1) is 7.11 Å². The minimum Gasteiger partial charge on any atom is -0.497 e. The third-order valence-corrected chi connectivity index (χ3v) is 4.12. The van der Waals surface area contributed by atoms with Gasteiger partial charge in [-0.3, -0.25) is 4.99 Å². The van der Waals surface area contributed by atoms with E-state index in [-0.39, 0.29) is 6.61 Å². The highest BCUT2D eigenvalue weighted by molar-refractivity contribution is 5.79. The standard InChI is InChI=1S/C20H35N3O2/c1-6-21-20(22-14-18(11-12-24)13-16(2)3)23(4)15-17-7-9-19(25-5)10-8-17/h7-10,16,18,24H,6,11-15H2,1-5H3,(H,21,22). The lowest BCUT2D eigenvalue weighted by Crippen LogP contribution is -2.38. The number of aliphatic hydroxyl groups excluding tert-OH is 1. The second-order valence-corrected chi connectivity index (χ2v) is 6.91. The van der Waals surface area contributed by atoms with E-state index >= 15 is 0 Å². The van der Waals surface area contributed by atoms with Crippen LogP contribution >= 0.6 is 0 Å². The second kappa shape index (κ2) is 11.7. The molecule has 0 fully saturated rings. The number of rotatable bonds is 10. The summed E-state index contributed by atoms with van der Waals surface area (Å²) in [7, 11) is 3.73. The predicted octanol–water partition coefficient (Wildman–Crippen LogP) is 3.14. The quantitative estimate of drug-likeness (QED) is 0.503. The Morgan fingerprint density at radius 2 is 1.96 bits per heavy atom. The van der Waals surface area contributed by atoms with Gasteiger partial charge in [0.2, 0.25) is 0 Å². The Kier molecular flexibility index (Phi) is 10.0. The van der Waals surface area contributed by atoms with Crippen LogP contribution in [0.3, 0.4) is 0 Å². The van der Waals surface area contributed by atoms with Crippen molar-refractivity contribution >= 4 is 5.96 Å². The third-order valence-electron chi connectivity index (χ3n) is 4.12. The molecule has 1 aromatic rings. The number of aliphatic hydroxyl groups is 1. The van der Waals surface area contributed by atoms with Crippen molar-refractivity contribution in [2.45, 2.75) is 40.2 Å². The highest BCUT2D eigenvalue weighted by Gasteiger charge is 2.12. The molecule has 0 radical (unpaired) electrons. The van der Waals surface area contributed by atoms with Crippen LogP contribution in [0, 0.1) is 11.8 Å². The number of guanidine groups is 1. The molecule has 0 amide bonds. The molecule has 5 heteroatoms. The average Bonchev–Trinajstić information content (AvgIpc) is 2.58. The van der Waals surface area contributed by atoms with Gasteiger partial charge in [0, 0.05) is 33.3 Å². The molecule has 0 spiro atoms. The topological polar surface area (TPSA) is 57.1 Å². The van der Waals surface area contributed by atoms with Crippen molar-refractivity contribution in [2.75, 3.05) is 33.9 Å². The van der Waals surface area contributed by atoms with Gasteiger partial charge in [-0.15, -0.1) is 0 Å². The number of aliphatic imine (C=N–C) groups is 1. The fourth-order valence-corrected chi connectivity index (χ4v) is 2.90. The van der Waals surface area contributed by atoms with Crippen molar-refractivity contribution in [1.29, 1.82) is 0 Å². The van der Waals surface area contributed by atoms with Crippen molar-refractivity contribution in [2.24, 2.45) is 16.8 Å². The summed E-state index contributed by atoms with van der Waals surface area (Å²) in [5.74, 6) is 2.82. The first kappa shape index (κ1) is 21.3. The molecule has 0 aliphatic heterocycles. The molecule has 1 unspecified atom stereocenters. The van der Waals surface area contributed by atoms with Gasteiger partial charge in [-0.05, 0) is 49.3 Å². The zero-order valence-electron chi connectivity index (χ0n) is 16.5. The van der Waals surface area contributed by atoms with E-state index in [0.29, 0.717) is 11.8 Å². The maximum atomic E-state index is 9.28. The highest BCUT2D eigenvalue weighted by atomic mass is 16.5. The molecule has 2 N–H and O–H groups in total. The van der Waals surface area contributed by atoms with E-state index in [1.165, 1.54) is 5.56 Å². The van der Waals surface area contributed by atoms with Crippen LogP contribution in [0.5, 0.6) is 5.75 Å². The van der Waals surface area contributed by atoms with E-state index in [2.05, 4.69) is 50.2 Å². The van der Waals surface area contributed by atoms with Crippen molar-refractivity contribution in [3.05, 3.63) is 29.8 Å². The van der Waals surface area contributed by atoms with Crippen LogP contribution in [-0.4, -0.2) is 49.8 Å². The lowest BCUT2D eigenvalue weighted by Gasteiger charge is -2.23. The Morgan fingerprint density at radius 1 is 1.28 bits per heavy atom. The number of nitrogens with one attached hydrogen (secondary N) is 1. The number of ether oxygens (including phenoxy) is 1. The second-order valence-electron chi connectivity index (χ2n) is 6.91. The lowest BCUT2D eigenvalue weighted by atomic mass is 9.94. The minimum absolute atomic E-state index is 0.227. The molecular weight excluding hydrogens is 314 g/mol. The van der Waals surface area contributed by atoms with Crippen LogP contribution in [0.25, 0.3) is 0 Å². The monoisotopic (exact) mass is 349 g/mol. The zero-order chi connectivity index (χ0) is 18.7. The summed E-state index contributed by atoms with van der Waals surface area (Å²) in [5, 5.41) is 12.6. The van der Waals surface area contributed by atoms with Gasteiger partial charge in [0.25, 0.3) is 0 Å². The van der Waals surface area contributed by atoms with Gasteiger partial charge in [-0.25, -0.2) is 0 Å². The van der Waals surface area contributed by atoms with E-state index in [4.69, 9.17) is 9.73 Å². The van der Waals surface area contributed by atoms with Gasteiger partial charge in [-0.2, -0.15) is 0 Å². The molecule has 1 rings (SSSR count). The van der Waals surface area contributed by atoms with Crippen molar-refractivity contribution in [3.63, 3.8) is 0 Å². The Balaban J connectivity index is 2.73. The fraction of sp³-hybridized carbons (Fsp3) is 0.650. The van der Waals surface area contributed by atoms with Crippen LogP contribution in [0.2, 0.25) is 0 Å². The number of hydrogen-bond donors (Lipinski definition) is 2. The SMILES string of the molecule is CCNC(=NCC(CCO)CC(C)C)N(C)Cc1ccc(OC)cc1. The number of benzene rings is 1. The van der Waals surface area contributed by atoms with E-state index in [1.54, 1.807) is 7.11 Å². The minimum atomic E-state index is 0.227. The molecule has 5 nitrogen and oxygen atoms in total. The Morgan fingerprint density at radius 3 is 2.48 bits per heavy atom. The van der Waals surface area contributed by atoms with Crippen LogP contribution < -0.4 is 10.1 Å². The van der Waals surface area contributed by atoms with Crippen molar-refractivity contribution < 1.29 is 9.84 Å². The molecule has 0 aliphatic carbocycles. The average molecular weight is 350 g/mol. The third kappa shape index (κ3) is 8.25. The Bertz CT molecular complexity index is 500. The first-order valence-electron chi connectivity index (χ1n) is 9.23. The molecule has 0 bridgehead atoms. The molecule has 0 saturated carbocycles. The molecule has 1 aromatic carbocycles. The van der Waals surface area contributed by atoms with E-state index < -0.39 is 0 Å². The van der Waals surface area contributed by atoms with Gasteiger partial charge < -0.3 is 20.1 Å².